The molecule has 9 heteroatoms. The van der Waals surface area contributed by atoms with Crippen molar-refractivity contribution in [2.24, 2.45) is 0 Å². The van der Waals surface area contributed by atoms with E-state index in [-0.39, 0.29) is 30.2 Å². The topological polar surface area (TPSA) is 105 Å². The number of carbonyl (C=O) groups is 1. The van der Waals surface area contributed by atoms with Gasteiger partial charge in [0.1, 0.15) is 5.75 Å². The molecule has 3 rings (SSSR count). The van der Waals surface area contributed by atoms with Crippen LogP contribution in [0.25, 0.3) is 0 Å². The lowest BCUT2D eigenvalue weighted by Crippen LogP contribution is -2.28. The van der Waals surface area contributed by atoms with Gasteiger partial charge >= 0.3 is 0 Å². The second kappa shape index (κ2) is 9.01. The monoisotopic (exact) mass is 405 g/mol. The highest BCUT2D eigenvalue weighted by Crippen LogP contribution is 2.45. The van der Waals surface area contributed by atoms with Crippen LogP contribution >= 0.6 is 23.5 Å². The van der Waals surface area contributed by atoms with E-state index in [0.29, 0.717) is 10.3 Å². The number of rotatable bonds is 7. The fourth-order valence-corrected chi connectivity index (χ4v) is 5.34. The Hall–Kier alpha value is -2.39. The van der Waals surface area contributed by atoms with Crippen LogP contribution in [0.1, 0.15) is 15.7 Å². The zero-order valence-electron chi connectivity index (χ0n) is 14.3. The first-order valence-electron chi connectivity index (χ1n) is 8.20. The molecular formula is C18H17N2O5S2-. The van der Waals surface area contributed by atoms with Crippen LogP contribution in [-0.4, -0.2) is 28.9 Å². The lowest BCUT2D eigenvalue weighted by atomic mass is 10.2. The summed E-state index contributed by atoms with van der Waals surface area (Å²) in [5.74, 6) is 2.13. The van der Waals surface area contributed by atoms with E-state index in [2.05, 4.69) is 5.32 Å². The van der Waals surface area contributed by atoms with Crippen molar-refractivity contribution >= 4 is 35.1 Å². The zero-order valence-corrected chi connectivity index (χ0v) is 15.9. The van der Waals surface area contributed by atoms with Crippen molar-refractivity contribution in [1.29, 1.82) is 0 Å². The summed E-state index contributed by atoms with van der Waals surface area (Å²) in [5.41, 5.74) is 1.20. The van der Waals surface area contributed by atoms with Crippen molar-refractivity contribution in [1.82, 2.24) is 5.32 Å². The average Bonchev–Trinajstić information content (AvgIpc) is 3.20. The number of nitrogens with one attached hydrogen (secondary N) is 1. The molecule has 0 radical (unpaired) electrons. The Balaban J connectivity index is 1.48. The Morgan fingerprint density at radius 1 is 1.19 bits per heavy atom. The number of nitro groups is 1. The lowest BCUT2D eigenvalue weighted by molar-refractivity contribution is -0.385. The number of hydrogen-bond acceptors (Lipinski definition) is 7. The molecule has 0 spiro atoms. The normalized spacial score (nSPS) is 14.1. The third-order valence-electron chi connectivity index (χ3n) is 3.87. The molecule has 0 saturated carbocycles. The minimum Gasteiger partial charge on any atom is -0.872 e. The molecule has 1 N–H and O–H groups in total. The van der Waals surface area contributed by atoms with Crippen LogP contribution < -0.4 is 15.2 Å². The maximum atomic E-state index is 11.9. The van der Waals surface area contributed by atoms with Crippen LogP contribution in [-0.2, 0) is 11.3 Å². The van der Waals surface area contributed by atoms with Crippen molar-refractivity contribution in [2.75, 3.05) is 18.1 Å². The molecule has 0 atom stereocenters. The van der Waals surface area contributed by atoms with E-state index in [4.69, 9.17) is 4.74 Å². The number of benzene rings is 2. The summed E-state index contributed by atoms with van der Waals surface area (Å²) in [6, 6.07) is 11.1. The number of amides is 1. The largest absolute Gasteiger partial charge is 0.872 e. The van der Waals surface area contributed by atoms with Crippen molar-refractivity contribution in [3.05, 3.63) is 63.7 Å². The predicted octanol–water partition coefficient (Wildman–Crippen LogP) is 2.84. The SMILES string of the molecule is O=C(COc1ccc(C2SCCS2)cc1)NCc1cc([N+](=O)[O-])ccc1[O-]. The van der Waals surface area contributed by atoms with Gasteiger partial charge < -0.3 is 15.2 Å². The molecule has 2 aromatic rings. The number of carbonyl (C=O) groups excluding carboxylic acids is 1. The van der Waals surface area contributed by atoms with E-state index in [1.807, 2.05) is 47.8 Å². The first-order chi connectivity index (χ1) is 13.0. The molecule has 0 aliphatic carbocycles. The lowest BCUT2D eigenvalue weighted by Gasteiger charge is -2.14. The molecule has 0 unspecified atom stereocenters. The van der Waals surface area contributed by atoms with Crippen molar-refractivity contribution < 1.29 is 19.6 Å². The summed E-state index contributed by atoms with van der Waals surface area (Å²) >= 11 is 3.84. The first kappa shape index (κ1) is 19.4. The van der Waals surface area contributed by atoms with Crippen LogP contribution in [0.3, 0.4) is 0 Å². The summed E-state index contributed by atoms with van der Waals surface area (Å²) in [6.45, 7) is -0.285. The molecule has 1 heterocycles. The van der Waals surface area contributed by atoms with E-state index < -0.39 is 10.8 Å². The van der Waals surface area contributed by atoms with Gasteiger partial charge in [0.2, 0.25) is 0 Å². The maximum Gasteiger partial charge on any atom is 0.269 e. The van der Waals surface area contributed by atoms with Gasteiger partial charge in [0, 0.05) is 30.2 Å². The third kappa shape index (κ3) is 5.30. The van der Waals surface area contributed by atoms with Gasteiger partial charge in [-0.1, -0.05) is 18.2 Å². The predicted molar refractivity (Wildman–Crippen MR) is 104 cm³/mol. The number of hydrogen-bond donors (Lipinski definition) is 1. The third-order valence-corrected chi connectivity index (χ3v) is 6.98. The Morgan fingerprint density at radius 2 is 1.89 bits per heavy atom. The van der Waals surface area contributed by atoms with Gasteiger partial charge in [-0.3, -0.25) is 14.9 Å². The Kier molecular flexibility index (Phi) is 6.46. The molecule has 2 aromatic carbocycles. The standard InChI is InChI=1S/C18H18N2O5S2/c21-16-6-3-14(20(23)24)9-13(16)10-19-17(22)11-25-15-4-1-12(2-5-15)18-26-7-8-27-18/h1-6,9,18,21H,7-8,10-11H2,(H,19,22)/p-1. The van der Waals surface area contributed by atoms with E-state index in [1.165, 1.54) is 11.6 Å². The van der Waals surface area contributed by atoms with E-state index in [1.54, 1.807) is 0 Å². The Morgan fingerprint density at radius 3 is 2.56 bits per heavy atom. The van der Waals surface area contributed by atoms with Crippen LogP contribution in [0.4, 0.5) is 5.69 Å². The van der Waals surface area contributed by atoms with Crippen LogP contribution in [0.2, 0.25) is 0 Å². The van der Waals surface area contributed by atoms with E-state index >= 15 is 0 Å². The molecule has 1 amide bonds. The average molecular weight is 405 g/mol. The summed E-state index contributed by atoms with van der Waals surface area (Å²) in [4.78, 5) is 22.1. The highest BCUT2D eigenvalue weighted by atomic mass is 32.2. The molecular weight excluding hydrogens is 388 g/mol. The minimum atomic E-state index is -0.583. The Labute approximate surface area is 164 Å². The Bertz CT molecular complexity index is 823. The number of ether oxygens (including phenoxy) is 1. The molecule has 0 bridgehead atoms. The molecule has 1 fully saturated rings. The second-order valence-electron chi connectivity index (χ2n) is 5.76. The van der Waals surface area contributed by atoms with Crippen molar-refractivity contribution in [3.63, 3.8) is 0 Å². The first-order valence-corrected chi connectivity index (χ1v) is 10.3. The van der Waals surface area contributed by atoms with Crippen LogP contribution in [0, 0.1) is 10.1 Å². The van der Waals surface area contributed by atoms with Gasteiger partial charge in [-0.05, 0) is 23.3 Å². The molecule has 1 aliphatic heterocycles. The number of nitro benzene ring substituents is 1. The van der Waals surface area contributed by atoms with Crippen LogP contribution in [0.5, 0.6) is 11.5 Å². The maximum absolute atomic E-state index is 11.9. The van der Waals surface area contributed by atoms with Crippen molar-refractivity contribution in [2.45, 2.75) is 11.1 Å². The summed E-state index contributed by atoms with van der Waals surface area (Å²) in [5, 5.41) is 25.0. The zero-order chi connectivity index (χ0) is 19.2. The molecule has 0 aromatic heterocycles. The fraction of sp³-hybridized carbons (Fsp3) is 0.278. The summed E-state index contributed by atoms with van der Waals surface area (Å²) in [6.07, 6.45) is 0. The van der Waals surface area contributed by atoms with Gasteiger partial charge in [0.15, 0.2) is 6.61 Å². The minimum absolute atomic E-state index is 0.0855. The number of thioether (sulfide) groups is 2. The second-order valence-corrected chi connectivity index (χ2v) is 8.48. The molecule has 27 heavy (non-hydrogen) atoms. The van der Waals surface area contributed by atoms with Gasteiger partial charge in [-0.15, -0.1) is 29.3 Å². The number of non-ortho nitro benzene ring substituents is 1. The molecule has 1 saturated heterocycles. The highest BCUT2D eigenvalue weighted by Gasteiger charge is 2.18. The van der Waals surface area contributed by atoms with Gasteiger partial charge in [0.25, 0.3) is 11.6 Å². The van der Waals surface area contributed by atoms with E-state index in [0.717, 1.165) is 23.6 Å². The van der Waals surface area contributed by atoms with Crippen LogP contribution in [0.15, 0.2) is 42.5 Å². The van der Waals surface area contributed by atoms with Gasteiger partial charge in [-0.2, -0.15) is 0 Å². The summed E-state index contributed by atoms with van der Waals surface area (Å²) in [7, 11) is 0. The molecule has 142 valence electrons. The fourth-order valence-electron chi connectivity index (χ4n) is 2.48. The summed E-state index contributed by atoms with van der Waals surface area (Å²) < 4.78 is 5.91. The number of nitrogens with zero attached hydrogens (tertiary/aromatic N) is 1. The highest BCUT2D eigenvalue weighted by molar-refractivity contribution is 8.19. The van der Waals surface area contributed by atoms with E-state index in [9.17, 15) is 20.0 Å². The van der Waals surface area contributed by atoms with Gasteiger partial charge in [0.05, 0.1) is 9.51 Å². The molecule has 7 nitrogen and oxygen atoms in total. The quantitative estimate of drug-likeness (QED) is 0.558. The molecule has 1 aliphatic rings. The van der Waals surface area contributed by atoms with Crippen molar-refractivity contribution in [3.8, 4) is 11.5 Å². The smallest absolute Gasteiger partial charge is 0.269 e. The van der Waals surface area contributed by atoms with Gasteiger partial charge in [-0.25, -0.2) is 0 Å².